The van der Waals surface area contributed by atoms with Gasteiger partial charge in [-0.3, -0.25) is 9.69 Å². The lowest BCUT2D eigenvalue weighted by atomic mass is 10.2. The lowest BCUT2D eigenvalue weighted by Crippen LogP contribution is -2.35. The molecule has 174 valence electrons. The molecule has 0 saturated carbocycles. The van der Waals surface area contributed by atoms with Gasteiger partial charge in [-0.15, -0.1) is 10.2 Å². The molecule has 6 rings (SSSR count). The van der Waals surface area contributed by atoms with Gasteiger partial charge in [-0.05, 0) is 36.8 Å². The zero-order valence-corrected chi connectivity index (χ0v) is 20.7. The Morgan fingerprint density at radius 2 is 1.86 bits per heavy atom. The lowest BCUT2D eigenvalue weighted by molar-refractivity contribution is -0.117. The number of para-hydroxylation sites is 2. The maximum absolute atomic E-state index is 14.0. The molecule has 1 aliphatic heterocycles. The van der Waals surface area contributed by atoms with Crippen molar-refractivity contribution in [3.63, 3.8) is 0 Å². The number of methoxy groups -OCH3 is 1. The largest absolute Gasteiger partial charge is 0.497 e. The fraction of sp³-hybridized carbons (Fsp3) is 0.154. The number of rotatable bonds is 5. The average molecular weight is 500 g/mol. The first kappa shape index (κ1) is 21.9. The molecule has 7 nitrogen and oxygen atoms in total. The zero-order valence-electron chi connectivity index (χ0n) is 19.1. The van der Waals surface area contributed by atoms with Crippen molar-refractivity contribution >= 4 is 62.9 Å². The van der Waals surface area contributed by atoms with E-state index in [1.165, 1.54) is 11.8 Å². The van der Waals surface area contributed by atoms with Crippen LogP contribution in [0.1, 0.15) is 13.3 Å². The number of ether oxygens (including phenoxy) is 1. The third-order valence-corrected chi connectivity index (χ3v) is 8.28. The van der Waals surface area contributed by atoms with Crippen molar-refractivity contribution < 1.29 is 9.53 Å². The topological polar surface area (TPSA) is 84.0 Å². The first-order valence-electron chi connectivity index (χ1n) is 11.2. The molecule has 0 bridgehead atoms. The quantitative estimate of drug-likeness (QED) is 0.288. The Morgan fingerprint density at radius 3 is 2.71 bits per heavy atom. The number of carbonyl (C=O) groups excluding carboxylic acids is 1. The van der Waals surface area contributed by atoms with Crippen LogP contribution in [0, 0.1) is 0 Å². The monoisotopic (exact) mass is 499 g/mol. The minimum atomic E-state index is -0.395. The standard InChI is InChI=1S/C26H21N5O2S2/c1-3-20(35-26-28-24-23(29-30-26)16-8-4-5-9-17(16)27-24)25(32)31-18-10-6-7-11-21(18)34-22-13-12-15(33-2)14-19(22)31/h4-14,20H,3H2,1-2H3,(H,27,28,30). The summed E-state index contributed by atoms with van der Waals surface area (Å²) in [5.74, 6) is 0.680. The third kappa shape index (κ3) is 3.81. The van der Waals surface area contributed by atoms with Gasteiger partial charge in [-0.1, -0.05) is 60.8 Å². The number of aromatic amines is 1. The van der Waals surface area contributed by atoms with E-state index in [9.17, 15) is 4.79 Å². The summed E-state index contributed by atoms with van der Waals surface area (Å²) < 4.78 is 5.46. The Bertz CT molecular complexity index is 1590. The number of carbonyl (C=O) groups is 1. The van der Waals surface area contributed by atoms with Gasteiger partial charge in [0.05, 0.1) is 23.7 Å². The number of amides is 1. The lowest BCUT2D eigenvalue weighted by Gasteiger charge is -2.33. The fourth-order valence-corrected chi connectivity index (χ4v) is 6.13. The van der Waals surface area contributed by atoms with E-state index in [0.29, 0.717) is 23.0 Å². The van der Waals surface area contributed by atoms with Crippen LogP contribution in [-0.2, 0) is 4.79 Å². The number of nitrogens with zero attached hydrogens (tertiary/aromatic N) is 4. The van der Waals surface area contributed by atoms with E-state index in [2.05, 4.69) is 20.2 Å². The molecule has 2 aromatic heterocycles. The minimum Gasteiger partial charge on any atom is -0.497 e. The van der Waals surface area contributed by atoms with Gasteiger partial charge in [0.1, 0.15) is 11.3 Å². The van der Waals surface area contributed by atoms with Crippen molar-refractivity contribution in [2.45, 2.75) is 33.5 Å². The predicted octanol–water partition coefficient (Wildman–Crippen LogP) is 6.21. The van der Waals surface area contributed by atoms with Crippen LogP contribution in [0.4, 0.5) is 11.4 Å². The van der Waals surface area contributed by atoms with Crippen LogP contribution in [0.2, 0.25) is 0 Å². The summed E-state index contributed by atoms with van der Waals surface area (Å²) in [7, 11) is 1.63. The number of thioether (sulfide) groups is 1. The normalized spacial score (nSPS) is 13.5. The summed E-state index contributed by atoms with van der Waals surface area (Å²) in [4.78, 5) is 25.9. The molecule has 35 heavy (non-hydrogen) atoms. The summed E-state index contributed by atoms with van der Waals surface area (Å²) in [5, 5.41) is 9.82. The van der Waals surface area contributed by atoms with Crippen molar-refractivity contribution in [2.75, 3.05) is 12.0 Å². The van der Waals surface area contributed by atoms with E-state index in [1.807, 2.05) is 73.7 Å². The van der Waals surface area contributed by atoms with E-state index in [-0.39, 0.29) is 5.91 Å². The molecule has 1 N–H and O–H groups in total. The van der Waals surface area contributed by atoms with Gasteiger partial charge in [-0.2, -0.15) is 0 Å². The molecule has 3 aromatic carbocycles. The second-order valence-electron chi connectivity index (χ2n) is 8.05. The Kier molecular flexibility index (Phi) is 5.58. The van der Waals surface area contributed by atoms with E-state index >= 15 is 0 Å². The number of hydrogen-bond donors (Lipinski definition) is 1. The Labute approximate surface area is 210 Å². The molecule has 0 saturated heterocycles. The second-order valence-corrected chi connectivity index (χ2v) is 10.3. The summed E-state index contributed by atoms with van der Waals surface area (Å²) in [5.41, 5.74) is 4.05. The highest BCUT2D eigenvalue weighted by Crippen LogP contribution is 2.50. The van der Waals surface area contributed by atoms with E-state index in [1.54, 1.807) is 23.8 Å². The van der Waals surface area contributed by atoms with Gasteiger partial charge >= 0.3 is 0 Å². The molecule has 9 heteroatoms. The minimum absolute atomic E-state index is 0.0277. The Balaban J connectivity index is 1.37. The number of nitrogens with one attached hydrogen (secondary N) is 1. The first-order valence-corrected chi connectivity index (χ1v) is 12.9. The Morgan fingerprint density at radius 1 is 1.06 bits per heavy atom. The number of H-pyrrole nitrogens is 1. The van der Waals surface area contributed by atoms with Gasteiger partial charge in [0.15, 0.2) is 5.65 Å². The number of anilines is 2. The van der Waals surface area contributed by atoms with Crippen LogP contribution in [0.3, 0.4) is 0 Å². The van der Waals surface area contributed by atoms with Gasteiger partial charge in [0.2, 0.25) is 11.1 Å². The Hall–Kier alpha value is -3.56. The van der Waals surface area contributed by atoms with Crippen LogP contribution >= 0.6 is 23.5 Å². The molecule has 0 radical (unpaired) electrons. The number of aromatic nitrogens is 4. The summed E-state index contributed by atoms with van der Waals surface area (Å²) in [6.07, 6.45) is 0.614. The average Bonchev–Trinajstić information content (AvgIpc) is 3.27. The maximum Gasteiger partial charge on any atom is 0.245 e. The van der Waals surface area contributed by atoms with Crippen molar-refractivity contribution in [3.05, 3.63) is 66.7 Å². The van der Waals surface area contributed by atoms with E-state index in [0.717, 1.165) is 37.6 Å². The first-order chi connectivity index (χ1) is 17.2. The summed E-state index contributed by atoms with van der Waals surface area (Å²) >= 11 is 2.99. The van der Waals surface area contributed by atoms with E-state index in [4.69, 9.17) is 4.74 Å². The van der Waals surface area contributed by atoms with Crippen LogP contribution in [0.15, 0.2) is 81.7 Å². The highest BCUT2D eigenvalue weighted by atomic mass is 32.2. The van der Waals surface area contributed by atoms with Crippen LogP contribution in [0.5, 0.6) is 5.75 Å². The third-order valence-electron chi connectivity index (χ3n) is 5.95. The second kappa shape index (κ2) is 8.90. The fourth-order valence-electron chi connectivity index (χ4n) is 4.23. The smallest absolute Gasteiger partial charge is 0.245 e. The molecule has 1 amide bonds. The van der Waals surface area contributed by atoms with Crippen LogP contribution < -0.4 is 9.64 Å². The van der Waals surface area contributed by atoms with Gasteiger partial charge < -0.3 is 9.72 Å². The molecule has 1 unspecified atom stereocenters. The van der Waals surface area contributed by atoms with Gasteiger partial charge in [0, 0.05) is 26.8 Å². The van der Waals surface area contributed by atoms with Gasteiger partial charge in [-0.25, -0.2) is 4.98 Å². The zero-order chi connectivity index (χ0) is 23.9. The number of hydrogen-bond acceptors (Lipinski definition) is 7. The molecular weight excluding hydrogens is 478 g/mol. The maximum atomic E-state index is 14.0. The van der Waals surface area contributed by atoms with Crippen molar-refractivity contribution in [3.8, 4) is 5.75 Å². The molecule has 1 aliphatic rings. The molecule has 3 heterocycles. The van der Waals surface area contributed by atoms with Crippen molar-refractivity contribution in [2.24, 2.45) is 0 Å². The SMILES string of the molecule is CCC(Sc1nnc2c(n1)[nH]c1ccccc12)C(=O)N1c2ccccc2Sc2ccc(OC)cc21. The summed E-state index contributed by atoms with van der Waals surface area (Å²) in [6.45, 7) is 2.00. The molecule has 0 spiro atoms. The van der Waals surface area contributed by atoms with E-state index < -0.39 is 5.25 Å². The molecule has 0 aliphatic carbocycles. The molecule has 1 atom stereocenters. The van der Waals surface area contributed by atoms with Gasteiger partial charge in [0.25, 0.3) is 0 Å². The molecule has 0 fully saturated rings. The highest BCUT2D eigenvalue weighted by molar-refractivity contribution is 8.00. The van der Waals surface area contributed by atoms with Crippen LogP contribution in [-0.4, -0.2) is 38.4 Å². The summed E-state index contributed by atoms with van der Waals surface area (Å²) in [6, 6.07) is 21.7. The highest BCUT2D eigenvalue weighted by Gasteiger charge is 2.33. The molecular formula is C26H21N5O2S2. The molecule has 5 aromatic rings. The van der Waals surface area contributed by atoms with Crippen molar-refractivity contribution in [1.29, 1.82) is 0 Å². The van der Waals surface area contributed by atoms with Crippen molar-refractivity contribution in [1.82, 2.24) is 20.2 Å². The number of benzene rings is 3. The number of fused-ring (bicyclic) bond motifs is 5. The van der Waals surface area contributed by atoms with Crippen LogP contribution in [0.25, 0.3) is 22.1 Å². The predicted molar refractivity (Wildman–Crippen MR) is 140 cm³/mol.